The second kappa shape index (κ2) is 6.65. The van der Waals surface area contributed by atoms with Gasteiger partial charge in [0.05, 0.1) is 8.67 Å². The highest BCUT2D eigenvalue weighted by Gasteiger charge is 2.16. The molecule has 0 aliphatic heterocycles. The SMILES string of the molecule is C=C(C)CCC(NCC)c1cc(Cl)sc1Cl. The predicted molar refractivity (Wildman–Crippen MR) is 74.8 cm³/mol. The lowest BCUT2D eigenvalue weighted by atomic mass is 10.0. The smallest absolute Gasteiger partial charge is 0.0991 e. The molecule has 0 bridgehead atoms. The van der Waals surface area contributed by atoms with Crippen molar-refractivity contribution >= 4 is 34.5 Å². The molecule has 0 fully saturated rings. The van der Waals surface area contributed by atoms with Crippen molar-refractivity contribution < 1.29 is 0 Å². The molecular formula is C12H17Cl2NS. The van der Waals surface area contributed by atoms with Gasteiger partial charge in [0.15, 0.2) is 0 Å². The van der Waals surface area contributed by atoms with Crippen LogP contribution in [0.1, 0.15) is 38.3 Å². The summed E-state index contributed by atoms with van der Waals surface area (Å²) in [4.78, 5) is 0. The number of allylic oxidation sites excluding steroid dienone is 1. The third-order valence-electron chi connectivity index (χ3n) is 2.37. The van der Waals surface area contributed by atoms with Gasteiger partial charge in [-0.1, -0.05) is 35.7 Å². The van der Waals surface area contributed by atoms with Crippen LogP contribution in [0.4, 0.5) is 0 Å². The summed E-state index contributed by atoms with van der Waals surface area (Å²) in [5.41, 5.74) is 2.31. The van der Waals surface area contributed by atoms with Crippen molar-refractivity contribution in [3.63, 3.8) is 0 Å². The topological polar surface area (TPSA) is 12.0 Å². The molecule has 4 heteroatoms. The summed E-state index contributed by atoms with van der Waals surface area (Å²) in [5, 5.41) is 3.43. The number of hydrogen-bond acceptors (Lipinski definition) is 2. The van der Waals surface area contributed by atoms with Crippen LogP contribution in [0.2, 0.25) is 8.67 Å². The van der Waals surface area contributed by atoms with Gasteiger partial charge in [0.2, 0.25) is 0 Å². The van der Waals surface area contributed by atoms with Gasteiger partial charge >= 0.3 is 0 Å². The average molecular weight is 278 g/mol. The Hall–Kier alpha value is -0.0200. The summed E-state index contributed by atoms with van der Waals surface area (Å²) < 4.78 is 1.54. The second-order valence-corrected chi connectivity index (χ2v) is 6.17. The van der Waals surface area contributed by atoms with Crippen LogP contribution in [0.25, 0.3) is 0 Å². The van der Waals surface area contributed by atoms with Gasteiger partial charge in [0.25, 0.3) is 0 Å². The third-order valence-corrected chi connectivity index (χ3v) is 3.89. The minimum atomic E-state index is 0.276. The highest BCUT2D eigenvalue weighted by molar-refractivity contribution is 7.20. The molecule has 0 aliphatic rings. The van der Waals surface area contributed by atoms with Gasteiger partial charge in [-0.05, 0) is 32.4 Å². The Balaban J connectivity index is 2.76. The Morgan fingerprint density at radius 1 is 1.56 bits per heavy atom. The van der Waals surface area contributed by atoms with E-state index in [0.717, 1.165) is 33.6 Å². The Morgan fingerprint density at radius 2 is 2.25 bits per heavy atom. The lowest BCUT2D eigenvalue weighted by Gasteiger charge is -2.17. The summed E-state index contributed by atoms with van der Waals surface area (Å²) in [6.07, 6.45) is 2.01. The molecule has 0 amide bonds. The van der Waals surface area contributed by atoms with Crippen LogP contribution in [0.15, 0.2) is 18.2 Å². The molecule has 0 radical (unpaired) electrons. The van der Waals surface area contributed by atoms with Crippen molar-refractivity contribution in [2.24, 2.45) is 0 Å². The Labute approximate surface area is 111 Å². The van der Waals surface area contributed by atoms with Crippen LogP contribution in [-0.2, 0) is 0 Å². The van der Waals surface area contributed by atoms with E-state index in [-0.39, 0.29) is 6.04 Å². The Bertz CT molecular complexity index is 360. The monoisotopic (exact) mass is 277 g/mol. The summed E-state index contributed by atoms with van der Waals surface area (Å²) in [6, 6.07) is 2.23. The van der Waals surface area contributed by atoms with Gasteiger partial charge in [-0.3, -0.25) is 0 Å². The molecule has 0 aromatic carbocycles. The lowest BCUT2D eigenvalue weighted by Crippen LogP contribution is -2.20. The first kappa shape index (κ1) is 14.0. The Morgan fingerprint density at radius 3 is 2.69 bits per heavy atom. The first-order chi connectivity index (χ1) is 7.54. The third kappa shape index (κ3) is 4.10. The van der Waals surface area contributed by atoms with Gasteiger partial charge in [-0.15, -0.1) is 17.9 Å². The summed E-state index contributed by atoms with van der Waals surface area (Å²) in [6.45, 7) is 8.99. The van der Waals surface area contributed by atoms with Crippen LogP contribution in [0.5, 0.6) is 0 Å². The summed E-state index contributed by atoms with van der Waals surface area (Å²) in [7, 11) is 0. The van der Waals surface area contributed by atoms with E-state index in [1.165, 1.54) is 16.9 Å². The van der Waals surface area contributed by atoms with Gasteiger partial charge in [-0.25, -0.2) is 0 Å². The van der Waals surface area contributed by atoms with E-state index < -0.39 is 0 Å². The molecule has 1 atom stereocenters. The van der Waals surface area contributed by atoms with Crippen molar-refractivity contribution in [1.82, 2.24) is 5.32 Å². The number of thiophene rings is 1. The van der Waals surface area contributed by atoms with E-state index in [0.29, 0.717) is 0 Å². The quantitative estimate of drug-likeness (QED) is 0.717. The average Bonchev–Trinajstić information content (AvgIpc) is 2.52. The van der Waals surface area contributed by atoms with Gasteiger partial charge in [0.1, 0.15) is 0 Å². The fraction of sp³-hybridized carbons (Fsp3) is 0.500. The minimum absolute atomic E-state index is 0.276. The summed E-state index contributed by atoms with van der Waals surface area (Å²) in [5.74, 6) is 0. The molecule has 1 N–H and O–H groups in total. The molecule has 1 nitrogen and oxygen atoms in total. The second-order valence-electron chi connectivity index (χ2n) is 3.89. The van der Waals surface area contributed by atoms with Gasteiger partial charge in [0, 0.05) is 11.6 Å². The van der Waals surface area contributed by atoms with E-state index in [4.69, 9.17) is 23.2 Å². The molecule has 1 heterocycles. The molecule has 1 aromatic rings. The molecule has 1 aromatic heterocycles. The highest BCUT2D eigenvalue weighted by Crippen LogP contribution is 2.36. The van der Waals surface area contributed by atoms with Gasteiger partial charge < -0.3 is 5.32 Å². The standard InChI is InChI=1S/C12H17Cl2NS/c1-4-15-10(6-5-8(2)3)9-7-11(13)16-12(9)14/h7,10,15H,2,4-6H2,1,3H3. The zero-order chi connectivity index (χ0) is 12.1. The van der Waals surface area contributed by atoms with Gasteiger partial charge in [-0.2, -0.15) is 0 Å². The number of nitrogens with one attached hydrogen (secondary N) is 1. The van der Waals surface area contributed by atoms with Crippen LogP contribution in [0.3, 0.4) is 0 Å². The van der Waals surface area contributed by atoms with Crippen molar-refractivity contribution in [3.8, 4) is 0 Å². The van der Waals surface area contributed by atoms with Crippen molar-refractivity contribution in [3.05, 3.63) is 32.5 Å². The Kier molecular flexibility index (Phi) is 5.84. The fourth-order valence-corrected chi connectivity index (χ4v) is 3.17. The van der Waals surface area contributed by atoms with Crippen LogP contribution >= 0.6 is 34.5 Å². The highest BCUT2D eigenvalue weighted by atomic mass is 35.5. The lowest BCUT2D eigenvalue weighted by molar-refractivity contribution is 0.516. The molecule has 0 saturated heterocycles. The number of halogens is 2. The van der Waals surface area contributed by atoms with Crippen LogP contribution in [0, 0.1) is 0 Å². The first-order valence-corrected chi connectivity index (χ1v) is 6.94. The molecular weight excluding hydrogens is 261 g/mol. The van der Waals surface area contributed by atoms with E-state index in [1.807, 2.05) is 13.0 Å². The minimum Gasteiger partial charge on any atom is -0.310 e. The molecule has 16 heavy (non-hydrogen) atoms. The van der Waals surface area contributed by atoms with E-state index in [2.05, 4.69) is 18.8 Å². The first-order valence-electron chi connectivity index (χ1n) is 5.37. The van der Waals surface area contributed by atoms with Crippen molar-refractivity contribution in [2.75, 3.05) is 6.54 Å². The van der Waals surface area contributed by atoms with Crippen LogP contribution < -0.4 is 5.32 Å². The van der Waals surface area contributed by atoms with Crippen LogP contribution in [-0.4, -0.2) is 6.54 Å². The molecule has 90 valence electrons. The summed E-state index contributed by atoms with van der Waals surface area (Å²) >= 11 is 13.5. The fourth-order valence-electron chi connectivity index (χ4n) is 1.60. The maximum atomic E-state index is 6.16. The number of rotatable bonds is 6. The zero-order valence-corrected chi connectivity index (χ0v) is 12.0. The van der Waals surface area contributed by atoms with Crippen molar-refractivity contribution in [2.45, 2.75) is 32.7 Å². The largest absolute Gasteiger partial charge is 0.310 e. The van der Waals surface area contributed by atoms with E-state index in [9.17, 15) is 0 Å². The molecule has 0 spiro atoms. The maximum Gasteiger partial charge on any atom is 0.0991 e. The van der Waals surface area contributed by atoms with E-state index >= 15 is 0 Å². The molecule has 0 aliphatic carbocycles. The maximum absolute atomic E-state index is 6.16. The van der Waals surface area contributed by atoms with Crippen molar-refractivity contribution in [1.29, 1.82) is 0 Å². The normalized spacial score (nSPS) is 12.8. The molecule has 1 rings (SSSR count). The predicted octanol–water partition coefficient (Wildman–Crippen LogP) is 5.06. The molecule has 1 unspecified atom stereocenters. The number of hydrogen-bond donors (Lipinski definition) is 1. The van der Waals surface area contributed by atoms with E-state index in [1.54, 1.807) is 0 Å². The molecule has 0 saturated carbocycles. The zero-order valence-electron chi connectivity index (χ0n) is 9.65.